The molecule has 2 heterocycles. The predicted molar refractivity (Wildman–Crippen MR) is 89.9 cm³/mol. The Morgan fingerprint density at radius 2 is 2.27 bits per heavy atom. The quantitative estimate of drug-likeness (QED) is 0.851. The third-order valence-electron chi connectivity index (χ3n) is 3.53. The van der Waals surface area contributed by atoms with E-state index in [0.29, 0.717) is 27.3 Å². The van der Waals surface area contributed by atoms with E-state index in [1.54, 1.807) is 12.1 Å². The Hall–Kier alpha value is -0.920. The van der Waals surface area contributed by atoms with Crippen molar-refractivity contribution in [1.29, 1.82) is 0 Å². The summed E-state index contributed by atoms with van der Waals surface area (Å²) in [6.45, 7) is 5.21. The maximum Gasteiger partial charge on any atom is 0.217 e. The highest BCUT2D eigenvalue weighted by Crippen LogP contribution is 2.28. The molecule has 0 amide bonds. The lowest BCUT2D eigenvalue weighted by atomic mass is 10.2. The molecule has 2 aromatic rings. The number of nitrogens with zero attached hydrogens (tertiary/aromatic N) is 3. The second-order valence-corrected chi connectivity index (χ2v) is 6.52. The van der Waals surface area contributed by atoms with Crippen LogP contribution in [-0.2, 0) is 11.4 Å². The zero-order valence-electron chi connectivity index (χ0n) is 12.1. The molecule has 118 valence electrons. The minimum atomic E-state index is 0.232. The Morgan fingerprint density at radius 1 is 1.45 bits per heavy atom. The van der Waals surface area contributed by atoms with E-state index in [2.05, 4.69) is 21.9 Å². The van der Waals surface area contributed by atoms with Crippen LogP contribution in [0.3, 0.4) is 0 Å². The number of rotatable bonds is 3. The zero-order chi connectivity index (χ0) is 15.7. The monoisotopic (exact) mass is 358 g/mol. The number of ether oxygens (including phenoxy) is 1. The van der Waals surface area contributed by atoms with Crippen LogP contribution in [0.5, 0.6) is 0 Å². The molecule has 5 nitrogen and oxygen atoms in total. The predicted octanol–water partition coefficient (Wildman–Crippen LogP) is 3.59. The first-order valence-corrected chi connectivity index (χ1v) is 8.15. The van der Waals surface area contributed by atoms with E-state index in [-0.39, 0.29) is 6.10 Å². The number of aromatic nitrogens is 3. The summed E-state index contributed by atoms with van der Waals surface area (Å²) in [5.74, 6) is 0.646. The SMILES string of the molecule is C[C@@H]1CN(Cn2[nH]c(-c3ccc(Cl)cc3Cl)nc2=S)CCO1. The number of nitrogens with one attached hydrogen (secondary N) is 1. The van der Waals surface area contributed by atoms with Gasteiger partial charge in [0.25, 0.3) is 0 Å². The smallest absolute Gasteiger partial charge is 0.217 e. The van der Waals surface area contributed by atoms with Crippen LogP contribution in [0.15, 0.2) is 18.2 Å². The fourth-order valence-electron chi connectivity index (χ4n) is 2.47. The highest BCUT2D eigenvalue weighted by molar-refractivity contribution is 7.71. The van der Waals surface area contributed by atoms with Crippen molar-refractivity contribution < 1.29 is 4.74 Å². The second-order valence-electron chi connectivity index (χ2n) is 5.31. The molecule has 0 saturated carbocycles. The minimum Gasteiger partial charge on any atom is -0.376 e. The second kappa shape index (κ2) is 6.68. The van der Waals surface area contributed by atoms with Gasteiger partial charge in [-0.25, -0.2) is 4.68 Å². The molecule has 1 fully saturated rings. The van der Waals surface area contributed by atoms with E-state index in [1.165, 1.54) is 0 Å². The molecule has 1 atom stereocenters. The van der Waals surface area contributed by atoms with Gasteiger partial charge in [0.05, 0.1) is 24.4 Å². The molecule has 8 heteroatoms. The van der Waals surface area contributed by atoms with Gasteiger partial charge in [0, 0.05) is 23.7 Å². The summed E-state index contributed by atoms with van der Waals surface area (Å²) in [5, 5.41) is 4.35. The molecule has 0 spiro atoms. The first-order valence-electron chi connectivity index (χ1n) is 6.99. The molecule has 3 rings (SSSR count). The van der Waals surface area contributed by atoms with E-state index in [4.69, 9.17) is 40.2 Å². The Morgan fingerprint density at radius 3 is 3.00 bits per heavy atom. The van der Waals surface area contributed by atoms with Crippen molar-refractivity contribution in [2.75, 3.05) is 19.7 Å². The lowest BCUT2D eigenvalue weighted by Crippen LogP contribution is -2.42. The van der Waals surface area contributed by atoms with Gasteiger partial charge in [0.1, 0.15) is 0 Å². The summed E-state index contributed by atoms with van der Waals surface area (Å²) in [4.78, 5) is 6.67. The molecule has 0 bridgehead atoms. The number of morpholine rings is 1. The van der Waals surface area contributed by atoms with Gasteiger partial charge in [0.15, 0.2) is 5.82 Å². The molecule has 0 unspecified atom stereocenters. The molecule has 1 N–H and O–H groups in total. The lowest BCUT2D eigenvalue weighted by molar-refractivity contribution is -0.0306. The fraction of sp³-hybridized carbons (Fsp3) is 0.429. The number of halogens is 2. The molecule has 22 heavy (non-hydrogen) atoms. The van der Waals surface area contributed by atoms with Crippen molar-refractivity contribution in [3.63, 3.8) is 0 Å². The van der Waals surface area contributed by atoms with Gasteiger partial charge in [-0.1, -0.05) is 23.2 Å². The van der Waals surface area contributed by atoms with Crippen LogP contribution in [0.2, 0.25) is 10.0 Å². The number of aromatic amines is 1. The van der Waals surface area contributed by atoms with Crippen LogP contribution in [0.4, 0.5) is 0 Å². The average molecular weight is 359 g/mol. The Bertz CT molecular complexity index is 730. The summed E-state index contributed by atoms with van der Waals surface area (Å²) in [7, 11) is 0. The Labute approximate surface area is 143 Å². The van der Waals surface area contributed by atoms with Gasteiger partial charge in [-0.3, -0.25) is 10.00 Å². The summed E-state index contributed by atoms with van der Waals surface area (Å²) in [6, 6.07) is 5.31. The van der Waals surface area contributed by atoms with Crippen LogP contribution in [0, 0.1) is 4.77 Å². The van der Waals surface area contributed by atoms with Gasteiger partial charge in [-0.05, 0) is 37.3 Å². The van der Waals surface area contributed by atoms with E-state index >= 15 is 0 Å². The number of hydrogen-bond acceptors (Lipinski definition) is 4. The van der Waals surface area contributed by atoms with Crippen LogP contribution < -0.4 is 0 Å². The van der Waals surface area contributed by atoms with Gasteiger partial charge in [-0.2, -0.15) is 4.98 Å². The van der Waals surface area contributed by atoms with E-state index in [9.17, 15) is 0 Å². The highest BCUT2D eigenvalue weighted by atomic mass is 35.5. The summed E-state index contributed by atoms with van der Waals surface area (Å²) in [6.07, 6.45) is 0.232. The summed E-state index contributed by atoms with van der Waals surface area (Å²) in [5.41, 5.74) is 0.784. The molecule has 1 aromatic carbocycles. The van der Waals surface area contributed by atoms with Gasteiger partial charge < -0.3 is 4.74 Å². The van der Waals surface area contributed by atoms with Crippen molar-refractivity contribution in [2.45, 2.75) is 19.7 Å². The van der Waals surface area contributed by atoms with E-state index in [0.717, 1.165) is 25.3 Å². The van der Waals surface area contributed by atoms with Crippen molar-refractivity contribution in [3.05, 3.63) is 33.0 Å². The first kappa shape index (κ1) is 16.0. The Balaban J connectivity index is 1.83. The number of hydrogen-bond donors (Lipinski definition) is 1. The van der Waals surface area contributed by atoms with Crippen molar-refractivity contribution in [2.24, 2.45) is 0 Å². The standard InChI is InChI=1S/C14H16Cl2N4OS/c1-9-7-19(4-5-21-9)8-20-14(22)17-13(18-20)11-3-2-10(15)6-12(11)16/h2-3,6,9H,4-5,7-8H2,1H3,(H,17,18,22)/t9-/m1/s1. The van der Waals surface area contributed by atoms with Crippen LogP contribution in [0.1, 0.15) is 6.92 Å². The zero-order valence-corrected chi connectivity index (χ0v) is 14.4. The Kier molecular flexibility index (Phi) is 4.84. The molecule has 0 aliphatic carbocycles. The summed E-state index contributed by atoms with van der Waals surface area (Å²) >= 11 is 17.5. The highest BCUT2D eigenvalue weighted by Gasteiger charge is 2.18. The molecule has 1 saturated heterocycles. The van der Waals surface area contributed by atoms with Crippen LogP contribution in [0.25, 0.3) is 11.4 Å². The number of benzene rings is 1. The average Bonchev–Trinajstić information content (AvgIpc) is 2.80. The van der Waals surface area contributed by atoms with E-state index in [1.807, 2.05) is 10.7 Å². The van der Waals surface area contributed by atoms with E-state index < -0.39 is 0 Å². The molecular formula is C14H16Cl2N4OS. The minimum absolute atomic E-state index is 0.232. The largest absolute Gasteiger partial charge is 0.376 e. The fourth-order valence-corrected chi connectivity index (χ4v) is 3.17. The molecule has 0 radical (unpaired) electrons. The van der Waals surface area contributed by atoms with Crippen molar-refractivity contribution in [1.82, 2.24) is 19.7 Å². The van der Waals surface area contributed by atoms with Crippen molar-refractivity contribution >= 4 is 35.4 Å². The van der Waals surface area contributed by atoms with Gasteiger partial charge >= 0.3 is 0 Å². The normalized spacial score (nSPS) is 19.5. The molecular weight excluding hydrogens is 343 g/mol. The molecule has 1 aliphatic heterocycles. The lowest BCUT2D eigenvalue weighted by Gasteiger charge is -2.30. The van der Waals surface area contributed by atoms with Crippen molar-refractivity contribution in [3.8, 4) is 11.4 Å². The summed E-state index contributed by atoms with van der Waals surface area (Å²) < 4.78 is 7.89. The van der Waals surface area contributed by atoms with Crippen LogP contribution >= 0.6 is 35.4 Å². The third kappa shape index (κ3) is 3.52. The van der Waals surface area contributed by atoms with Gasteiger partial charge in [0.2, 0.25) is 4.77 Å². The topological polar surface area (TPSA) is 46.1 Å². The van der Waals surface area contributed by atoms with Gasteiger partial charge in [-0.15, -0.1) is 0 Å². The third-order valence-corrected chi connectivity index (χ3v) is 4.39. The molecule has 1 aromatic heterocycles. The number of H-pyrrole nitrogens is 1. The molecule has 1 aliphatic rings. The maximum atomic E-state index is 6.22. The maximum absolute atomic E-state index is 6.22. The van der Waals surface area contributed by atoms with Crippen LogP contribution in [-0.4, -0.2) is 45.5 Å². The first-order chi connectivity index (χ1) is 10.5.